The van der Waals surface area contributed by atoms with Gasteiger partial charge in [0.2, 0.25) is 0 Å². The average molecular weight is 242 g/mol. The van der Waals surface area contributed by atoms with E-state index in [0.717, 1.165) is 0 Å². The fraction of sp³-hybridized carbons (Fsp3) is 0.583. The highest BCUT2D eigenvalue weighted by Gasteiger charge is 2.17. The molecule has 0 amide bonds. The third kappa shape index (κ3) is 3.38. The Hall–Kier alpha value is -1.20. The predicted octanol–water partition coefficient (Wildman–Crippen LogP) is 1.31. The Morgan fingerprint density at radius 2 is 2.12 bits per heavy atom. The van der Waals surface area contributed by atoms with Crippen LogP contribution in [0.3, 0.4) is 0 Å². The van der Waals surface area contributed by atoms with Crippen molar-refractivity contribution in [2.45, 2.75) is 32.9 Å². The van der Waals surface area contributed by atoms with Gasteiger partial charge in [-0.05, 0) is 26.3 Å². The minimum Gasteiger partial charge on any atom is -0.396 e. The summed E-state index contributed by atoms with van der Waals surface area (Å²) in [6.45, 7) is 4.12. The molecule has 17 heavy (non-hydrogen) atoms. The van der Waals surface area contributed by atoms with Crippen molar-refractivity contribution in [3.63, 3.8) is 0 Å². The van der Waals surface area contributed by atoms with Gasteiger partial charge >= 0.3 is 0 Å². The smallest absolute Gasteiger partial charge is 0.171 e. The van der Waals surface area contributed by atoms with Crippen molar-refractivity contribution in [1.82, 2.24) is 4.98 Å². The van der Waals surface area contributed by atoms with E-state index in [1.807, 2.05) is 13.8 Å². The molecule has 0 spiro atoms. The van der Waals surface area contributed by atoms with Crippen molar-refractivity contribution >= 4 is 5.82 Å². The number of aliphatic hydroxyl groups excluding tert-OH is 2. The Morgan fingerprint density at radius 1 is 1.41 bits per heavy atom. The first-order valence-corrected chi connectivity index (χ1v) is 5.73. The van der Waals surface area contributed by atoms with Gasteiger partial charge in [-0.25, -0.2) is 9.37 Å². The molecule has 5 heteroatoms. The summed E-state index contributed by atoms with van der Waals surface area (Å²) in [6.07, 6.45) is 2.04. The molecule has 1 heterocycles. The van der Waals surface area contributed by atoms with Crippen LogP contribution in [0.5, 0.6) is 0 Å². The summed E-state index contributed by atoms with van der Waals surface area (Å²) < 4.78 is 14.0. The number of halogens is 1. The molecule has 2 N–H and O–H groups in total. The molecule has 0 aliphatic rings. The molecular weight excluding hydrogens is 223 g/mol. The summed E-state index contributed by atoms with van der Waals surface area (Å²) in [6, 6.07) is 1.54. The van der Waals surface area contributed by atoms with Gasteiger partial charge in [-0.2, -0.15) is 0 Å². The van der Waals surface area contributed by atoms with Gasteiger partial charge in [-0.15, -0.1) is 0 Å². The monoisotopic (exact) mass is 242 g/mol. The highest BCUT2D eigenvalue weighted by Crippen LogP contribution is 2.21. The zero-order valence-corrected chi connectivity index (χ0v) is 10.2. The lowest BCUT2D eigenvalue weighted by molar-refractivity contribution is 0.275. The quantitative estimate of drug-likeness (QED) is 0.789. The summed E-state index contributed by atoms with van der Waals surface area (Å²) in [5, 5.41) is 17.8. The van der Waals surface area contributed by atoms with Gasteiger partial charge in [0.15, 0.2) is 11.6 Å². The summed E-state index contributed by atoms with van der Waals surface area (Å²) in [5.41, 5.74) is 0.240. The largest absolute Gasteiger partial charge is 0.396 e. The van der Waals surface area contributed by atoms with Crippen molar-refractivity contribution in [3.05, 3.63) is 23.6 Å². The maximum Gasteiger partial charge on any atom is 0.171 e. The standard InChI is InChI=1S/C12H19FN2O2/c1-9(2)15(6-3-7-16)12-11(13)10(8-17)4-5-14-12/h4-5,9,16-17H,3,6-8H2,1-2H3. The van der Waals surface area contributed by atoms with Gasteiger partial charge in [-0.1, -0.05) is 0 Å². The second-order valence-electron chi connectivity index (χ2n) is 4.13. The van der Waals surface area contributed by atoms with Crippen LogP contribution in [0.15, 0.2) is 12.3 Å². The van der Waals surface area contributed by atoms with Crippen LogP contribution in [-0.2, 0) is 6.61 Å². The van der Waals surface area contributed by atoms with Gasteiger partial charge in [-0.3, -0.25) is 0 Å². The van der Waals surface area contributed by atoms with Crippen LogP contribution in [-0.4, -0.2) is 34.4 Å². The highest BCUT2D eigenvalue weighted by molar-refractivity contribution is 5.43. The average Bonchev–Trinajstić information content (AvgIpc) is 2.31. The Bertz CT molecular complexity index is 358. The lowest BCUT2D eigenvalue weighted by Gasteiger charge is -2.28. The van der Waals surface area contributed by atoms with Crippen molar-refractivity contribution < 1.29 is 14.6 Å². The molecule has 1 aromatic heterocycles. The minimum atomic E-state index is -0.485. The molecule has 0 aliphatic heterocycles. The van der Waals surface area contributed by atoms with E-state index in [1.54, 1.807) is 4.90 Å². The van der Waals surface area contributed by atoms with E-state index in [4.69, 9.17) is 10.2 Å². The number of hydrogen-bond donors (Lipinski definition) is 2. The van der Waals surface area contributed by atoms with Crippen LogP contribution < -0.4 is 4.90 Å². The molecule has 1 rings (SSSR count). The lowest BCUT2D eigenvalue weighted by atomic mass is 10.2. The van der Waals surface area contributed by atoms with E-state index in [1.165, 1.54) is 12.3 Å². The molecule has 0 fully saturated rings. The summed E-state index contributed by atoms with van der Waals surface area (Å²) in [7, 11) is 0. The van der Waals surface area contributed by atoms with Gasteiger partial charge in [0.1, 0.15) is 0 Å². The van der Waals surface area contributed by atoms with Crippen LogP contribution in [0.4, 0.5) is 10.2 Å². The summed E-state index contributed by atoms with van der Waals surface area (Å²) in [5.74, 6) is -0.248. The van der Waals surface area contributed by atoms with Crippen LogP contribution >= 0.6 is 0 Å². The van der Waals surface area contributed by atoms with E-state index >= 15 is 0 Å². The Morgan fingerprint density at radius 3 is 2.65 bits per heavy atom. The van der Waals surface area contributed by atoms with Crippen molar-refractivity contribution in [3.8, 4) is 0 Å². The molecule has 0 saturated heterocycles. The molecular formula is C12H19FN2O2. The third-order valence-corrected chi connectivity index (χ3v) is 2.57. The molecule has 0 radical (unpaired) electrons. The third-order valence-electron chi connectivity index (χ3n) is 2.57. The SMILES string of the molecule is CC(C)N(CCCO)c1nccc(CO)c1F. The predicted molar refractivity (Wildman–Crippen MR) is 64.3 cm³/mol. The van der Waals surface area contributed by atoms with Crippen molar-refractivity contribution in [2.75, 3.05) is 18.1 Å². The second kappa shape index (κ2) is 6.51. The van der Waals surface area contributed by atoms with E-state index in [0.29, 0.717) is 13.0 Å². The number of anilines is 1. The molecule has 96 valence electrons. The van der Waals surface area contributed by atoms with Crippen LogP contribution in [0.25, 0.3) is 0 Å². The van der Waals surface area contributed by atoms with Gasteiger partial charge in [0.25, 0.3) is 0 Å². The number of pyridine rings is 1. The number of rotatable bonds is 6. The molecule has 0 bridgehead atoms. The fourth-order valence-corrected chi connectivity index (χ4v) is 1.64. The van der Waals surface area contributed by atoms with E-state index in [9.17, 15) is 4.39 Å². The van der Waals surface area contributed by atoms with E-state index < -0.39 is 5.82 Å². The molecule has 0 saturated carbocycles. The van der Waals surface area contributed by atoms with Gasteiger partial charge in [0.05, 0.1) is 6.61 Å². The Balaban J connectivity index is 3.01. The molecule has 0 aliphatic carbocycles. The summed E-state index contributed by atoms with van der Waals surface area (Å²) >= 11 is 0. The molecule has 0 unspecified atom stereocenters. The maximum absolute atomic E-state index is 14.0. The first kappa shape index (κ1) is 13.9. The first-order valence-electron chi connectivity index (χ1n) is 5.73. The topological polar surface area (TPSA) is 56.6 Å². The van der Waals surface area contributed by atoms with E-state index in [-0.39, 0.29) is 30.6 Å². The Kier molecular flexibility index (Phi) is 5.31. The van der Waals surface area contributed by atoms with Crippen LogP contribution in [0.2, 0.25) is 0 Å². The van der Waals surface area contributed by atoms with Crippen LogP contribution in [0, 0.1) is 5.82 Å². The lowest BCUT2D eigenvalue weighted by Crippen LogP contribution is -2.34. The van der Waals surface area contributed by atoms with Crippen molar-refractivity contribution in [2.24, 2.45) is 0 Å². The number of aromatic nitrogens is 1. The number of nitrogens with zero attached hydrogens (tertiary/aromatic N) is 2. The number of aliphatic hydroxyl groups is 2. The minimum absolute atomic E-state index is 0.0600. The Labute approximate surface area is 101 Å². The molecule has 1 aromatic rings. The zero-order valence-electron chi connectivity index (χ0n) is 10.2. The molecule has 0 aromatic carbocycles. The van der Waals surface area contributed by atoms with Gasteiger partial charge < -0.3 is 15.1 Å². The first-order chi connectivity index (χ1) is 8.11. The fourth-order valence-electron chi connectivity index (χ4n) is 1.64. The van der Waals surface area contributed by atoms with Crippen LogP contribution in [0.1, 0.15) is 25.8 Å². The second-order valence-corrected chi connectivity index (χ2v) is 4.13. The normalized spacial score (nSPS) is 10.9. The van der Waals surface area contributed by atoms with E-state index in [2.05, 4.69) is 4.98 Å². The molecule has 0 atom stereocenters. The molecule has 4 nitrogen and oxygen atoms in total. The maximum atomic E-state index is 14.0. The van der Waals surface area contributed by atoms with Gasteiger partial charge in [0, 0.05) is 31.0 Å². The summed E-state index contributed by atoms with van der Waals surface area (Å²) in [4.78, 5) is 5.80. The zero-order chi connectivity index (χ0) is 12.8. The van der Waals surface area contributed by atoms with Crippen molar-refractivity contribution in [1.29, 1.82) is 0 Å². The number of hydrogen-bond acceptors (Lipinski definition) is 4. The highest BCUT2D eigenvalue weighted by atomic mass is 19.1.